The molecule has 1 aliphatic rings. The SMILES string of the molecule is Cc1nn(-c2ccc(F)cc2)c(C)c1CNCc1cnc(N2CCOCC2)nc1. The molecule has 0 radical (unpaired) electrons. The molecule has 152 valence electrons. The number of rotatable bonds is 6. The van der Waals surface area contributed by atoms with E-state index >= 15 is 0 Å². The maximum Gasteiger partial charge on any atom is 0.225 e. The minimum Gasteiger partial charge on any atom is -0.378 e. The standard InChI is InChI=1S/C21H25FN6O/c1-15-20(16(2)28(26-15)19-5-3-18(22)4-6-19)14-23-11-17-12-24-21(25-13-17)27-7-9-29-10-8-27/h3-6,12-13,23H,7-11,14H2,1-2H3. The number of halogens is 1. The third-order valence-corrected chi connectivity index (χ3v) is 5.13. The van der Waals surface area contributed by atoms with Crippen LogP contribution in [0.2, 0.25) is 0 Å². The lowest BCUT2D eigenvalue weighted by Crippen LogP contribution is -2.37. The molecule has 7 nitrogen and oxygen atoms in total. The Bertz CT molecular complexity index is 949. The predicted octanol–water partition coefficient (Wildman–Crippen LogP) is 2.54. The Balaban J connectivity index is 1.37. The van der Waals surface area contributed by atoms with E-state index < -0.39 is 0 Å². The van der Waals surface area contributed by atoms with Gasteiger partial charge in [-0.3, -0.25) is 0 Å². The number of hydrogen-bond acceptors (Lipinski definition) is 6. The summed E-state index contributed by atoms with van der Waals surface area (Å²) in [5.41, 5.74) is 5.02. The highest BCUT2D eigenvalue weighted by Crippen LogP contribution is 2.18. The first-order valence-corrected chi connectivity index (χ1v) is 9.77. The third kappa shape index (κ3) is 4.44. The summed E-state index contributed by atoms with van der Waals surface area (Å²) < 4.78 is 20.4. The molecule has 29 heavy (non-hydrogen) atoms. The molecule has 0 bridgehead atoms. The number of aromatic nitrogens is 4. The second-order valence-corrected chi connectivity index (χ2v) is 7.13. The maximum absolute atomic E-state index is 13.2. The van der Waals surface area contributed by atoms with Gasteiger partial charge < -0.3 is 15.0 Å². The van der Waals surface area contributed by atoms with Gasteiger partial charge in [-0.05, 0) is 38.1 Å². The van der Waals surface area contributed by atoms with Gasteiger partial charge in [-0.15, -0.1) is 0 Å². The number of hydrogen-bond donors (Lipinski definition) is 1. The molecule has 1 N–H and O–H groups in total. The monoisotopic (exact) mass is 396 g/mol. The lowest BCUT2D eigenvalue weighted by Gasteiger charge is -2.26. The van der Waals surface area contributed by atoms with Gasteiger partial charge in [0.25, 0.3) is 0 Å². The van der Waals surface area contributed by atoms with Gasteiger partial charge in [0.05, 0.1) is 24.6 Å². The Morgan fingerprint density at radius 2 is 1.72 bits per heavy atom. The van der Waals surface area contributed by atoms with Crippen molar-refractivity contribution >= 4 is 5.95 Å². The van der Waals surface area contributed by atoms with E-state index in [2.05, 4.69) is 25.3 Å². The van der Waals surface area contributed by atoms with Crippen molar-refractivity contribution in [3.8, 4) is 5.69 Å². The fraction of sp³-hybridized carbons (Fsp3) is 0.381. The van der Waals surface area contributed by atoms with Gasteiger partial charge >= 0.3 is 0 Å². The van der Waals surface area contributed by atoms with Gasteiger partial charge in [-0.2, -0.15) is 5.10 Å². The van der Waals surface area contributed by atoms with Crippen LogP contribution < -0.4 is 10.2 Å². The number of nitrogens with zero attached hydrogens (tertiary/aromatic N) is 5. The quantitative estimate of drug-likeness (QED) is 0.691. The van der Waals surface area contributed by atoms with Crippen LogP contribution in [-0.2, 0) is 17.8 Å². The van der Waals surface area contributed by atoms with Crippen LogP contribution in [0.3, 0.4) is 0 Å². The second-order valence-electron chi connectivity index (χ2n) is 7.13. The molecular weight excluding hydrogens is 371 g/mol. The Morgan fingerprint density at radius 1 is 1.03 bits per heavy atom. The van der Waals surface area contributed by atoms with Crippen LogP contribution in [0.5, 0.6) is 0 Å². The van der Waals surface area contributed by atoms with E-state index in [1.165, 1.54) is 12.1 Å². The molecule has 2 aromatic heterocycles. The molecular formula is C21H25FN6O. The van der Waals surface area contributed by atoms with E-state index in [0.29, 0.717) is 13.1 Å². The molecule has 3 aromatic rings. The van der Waals surface area contributed by atoms with Crippen LogP contribution in [0.25, 0.3) is 5.69 Å². The summed E-state index contributed by atoms with van der Waals surface area (Å²) in [5, 5.41) is 8.06. The summed E-state index contributed by atoms with van der Waals surface area (Å²) in [7, 11) is 0. The number of anilines is 1. The highest BCUT2D eigenvalue weighted by atomic mass is 19.1. The fourth-order valence-electron chi connectivity index (χ4n) is 3.46. The number of aryl methyl sites for hydroxylation is 1. The van der Waals surface area contributed by atoms with Crippen molar-refractivity contribution in [3.05, 3.63) is 65.0 Å². The topological polar surface area (TPSA) is 68.1 Å². The predicted molar refractivity (Wildman–Crippen MR) is 109 cm³/mol. The Morgan fingerprint density at radius 3 is 2.41 bits per heavy atom. The van der Waals surface area contributed by atoms with Crippen LogP contribution in [0.1, 0.15) is 22.5 Å². The zero-order valence-corrected chi connectivity index (χ0v) is 16.7. The van der Waals surface area contributed by atoms with Crippen molar-refractivity contribution < 1.29 is 9.13 Å². The molecule has 0 atom stereocenters. The Hall–Kier alpha value is -2.84. The summed E-state index contributed by atoms with van der Waals surface area (Å²) in [6.45, 7) is 8.47. The Kier molecular flexibility index (Phi) is 5.82. The summed E-state index contributed by atoms with van der Waals surface area (Å²) in [6.07, 6.45) is 3.74. The zero-order valence-electron chi connectivity index (χ0n) is 16.7. The minimum atomic E-state index is -0.251. The first kappa shape index (κ1) is 19.5. The van der Waals surface area contributed by atoms with E-state index in [1.807, 2.05) is 30.9 Å². The average molecular weight is 396 g/mol. The fourth-order valence-corrected chi connectivity index (χ4v) is 3.46. The molecule has 0 amide bonds. The van der Waals surface area contributed by atoms with E-state index in [4.69, 9.17) is 4.74 Å². The van der Waals surface area contributed by atoms with E-state index in [-0.39, 0.29) is 5.82 Å². The smallest absolute Gasteiger partial charge is 0.225 e. The third-order valence-electron chi connectivity index (χ3n) is 5.13. The molecule has 1 aromatic carbocycles. The van der Waals surface area contributed by atoms with E-state index in [1.54, 1.807) is 12.1 Å². The molecule has 0 aliphatic carbocycles. The number of nitrogens with one attached hydrogen (secondary N) is 1. The van der Waals surface area contributed by atoms with Crippen molar-refractivity contribution in [2.75, 3.05) is 31.2 Å². The molecule has 1 aliphatic heterocycles. The second kappa shape index (κ2) is 8.67. The van der Waals surface area contributed by atoms with Crippen LogP contribution in [-0.4, -0.2) is 46.1 Å². The first-order chi connectivity index (χ1) is 14.1. The van der Waals surface area contributed by atoms with Crippen LogP contribution in [0, 0.1) is 19.7 Å². The zero-order chi connectivity index (χ0) is 20.2. The van der Waals surface area contributed by atoms with Crippen molar-refractivity contribution in [1.82, 2.24) is 25.1 Å². The molecule has 0 unspecified atom stereocenters. The molecule has 3 heterocycles. The highest BCUT2D eigenvalue weighted by molar-refractivity contribution is 5.37. The molecule has 1 saturated heterocycles. The lowest BCUT2D eigenvalue weighted by atomic mass is 10.2. The summed E-state index contributed by atoms with van der Waals surface area (Å²) >= 11 is 0. The summed E-state index contributed by atoms with van der Waals surface area (Å²) in [6, 6.07) is 6.37. The molecule has 8 heteroatoms. The number of morpholine rings is 1. The molecule has 0 saturated carbocycles. The summed E-state index contributed by atoms with van der Waals surface area (Å²) in [4.78, 5) is 11.1. The van der Waals surface area contributed by atoms with Gasteiger partial charge in [0, 0.05) is 55.4 Å². The van der Waals surface area contributed by atoms with Crippen molar-refractivity contribution in [1.29, 1.82) is 0 Å². The van der Waals surface area contributed by atoms with Gasteiger partial charge in [-0.1, -0.05) is 0 Å². The Labute approximate surface area is 169 Å². The molecule has 4 rings (SSSR count). The van der Waals surface area contributed by atoms with E-state index in [0.717, 1.165) is 60.5 Å². The van der Waals surface area contributed by atoms with Gasteiger partial charge in [0.15, 0.2) is 0 Å². The molecule has 0 spiro atoms. The van der Waals surface area contributed by atoms with Crippen LogP contribution in [0.15, 0.2) is 36.7 Å². The van der Waals surface area contributed by atoms with Gasteiger partial charge in [0.2, 0.25) is 5.95 Å². The highest BCUT2D eigenvalue weighted by Gasteiger charge is 2.14. The van der Waals surface area contributed by atoms with E-state index in [9.17, 15) is 4.39 Å². The van der Waals surface area contributed by atoms with Crippen LogP contribution in [0.4, 0.5) is 10.3 Å². The van der Waals surface area contributed by atoms with Crippen molar-refractivity contribution in [2.45, 2.75) is 26.9 Å². The number of benzene rings is 1. The molecule has 1 fully saturated rings. The largest absolute Gasteiger partial charge is 0.378 e. The van der Waals surface area contributed by atoms with Crippen molar-refractivity contribution in [3.63, 3.8) is 0 Å². The van der Waals surface area contributed by atoms with Crippen LogP contribution >= 0.6 is 0 Å². The lowest BCUT2D eigenvalue weighted by molar-refractivity contribution is 0.122. The summed E-state index contributed by atoms with van der Waals surface area (Å²) in [5.74, 6) is 0.503. The maximum atomic E-state index is 13.2. The van der Waals surface area contributed by atoms with Gasteiger partial charge in [0.1, 0.15) is 5.82 Å². The first-order valence-electron chi connectivity index (χ1n) is 9.77. The normalized spacial score (nSPS) is 14.4. The average Bonchev–Trinajstić information content (AvgIpc) is 3.04. The number of ether oxygens (including phenoxy) is 1. The minimum absolute atomic E-state index is 0.251. The van der Waals surface area contributed by atoms with Gasteiger partial charge in [-0.25, -0.2) is 19.0 Å². The van der Waals surface area contributed by atoms with Crippen molar-refractivity contribution in [2.24, 2.45) is 0 Å².